The van der Waals surface area contributed by atoms with E-state index in [9.17, 15) is 13.2 Å². The normalized spacial score (nSPS) is 16.8. The maximum atomic E-state index is 12.6. The van der Waals surface area contributed by atoms with Gasteiger partial charge < -0.3 is 5.32 Å². The number of benzene rings is 1. The standard InChI is InChI=1S/C17H20N2O3S2/c20-17(18-13-15-5-4-12-23-15)14-8-10-19(11-9-14)24(21,22)16-6-2-1-3-7-16/h1-7,12,14H,8-11,13H2,(H,18,20). The molecule has 0 aliphatic carbocycles. The first-order valence-electron chi connectivity index (χ1n) is 7.92. The number of carbonyl (C=O) groups excluding carboxylic acids is 1. The van der Waals surface area contributed by atoms with Gasteiger partial charge in [0.15, 0.2) is 0 Å². The molecule has 0 unspecified atom stereocenters. The van der Waals surface area contributed by atoms with Gasteiger partial charge in [-0.15, -0.1) is 11.3 Å². The lowest BCUT2D eigenvalue weighted by Gasteiger charge is -2.30. The quantitative estimate of drug-likeness (QED) is 0.886. The Hall–Kier alpha value is -1.70. The molecule has 5 nitrogen and oxygen atoms in total. The third kappa shape index (κ3) is 3.85. The van der Waals surface area contributed by atoms with Crippen molar-refractivity contribution in [1.82, 2.24) is 9.62 Å². The van der Waals surface area contributed by atoms with Crippen LogP contribution < -0.4 is 5.32 Å². The molecule has 3 rings (SSSR count). The van der Waals surface area contributed by atoms with Crippen LogP contribution in [-0.4, -0.2) is 31.7 Å². The molecule has 2 heterocycles. The molecule has 1 fully saturated rings. The Bertz CT molecular complexity index is 765. The van der Waals surface area contributed by atoms with Gasteiger partial charge in [0.05, 0.1) is 11.4 Å². The minimum Gasteiger partial charge on any atom is -0.351 e. The van der Waals surface area contributed by atoms with Gasteiger partial charge in [0.25, 0.3) is 0 Å². The van der Waals surface area contributed by atoms with Crippen molar-refractivity contribution in [2.45, 2.75) is 24.3 Å². The van der Waals surface area contributed by atoms with Gasteiger partial charge in [0.1, 0.15) is 0 Å². The zero-order valence-corrected chi connectivity index (χ0v) is 14.9. The van der Waals surface area contributed by atoms with Crippen LogP contribution in [0, 0.1) is 5.92 Å². The predicted octanol–water partition coefficient (Wildman–Crippen LogP) is 2.47. The van der Waals surface area contributed by atoms with Gasteiger partial charge in [0, 0.05) is 23.9 Å². The molecule has 0 atom stereocenters. The Morgan fingerprint density at radius 3 is 2.46 bits per heavy atom. The number of hydrogen-bond acceptors (Lipinski definition) is 4. The van der Waals surface area contributed by atoms with E-state index < -0.39 is 10.0 Å². The fourth-order valence-electron chi connectivity index (χ4n) is 2.83. The summed E-state index contributed by atoms with van der Waals surface area (Å²) in [7, 11) is -3.46. The number of rotatable bonds is 5. The van der Waals surface area contributed by atoms with Crippen LogP contribution in [0.1, 0.15) is 17.7 Å². The number of sulfonamides is 1. The van der Waals surface area contributed by atoms with Crippen LogP contribution in [-0.2, 0) is 21.4 Å². The van der Waals surface area contributed by atoms with E-state index in [1.54, 1.807) is 41.7 Å². The summed E-state index contributed by atoms with van der Waals surface area (Å²) in [4.78, 5) is 13.7. The summed E-state index contributed by atoms with van der Waals surface area (Å²) < 4.78 is 26.6. The summed E-state index contributed by atoms with van der Waals surface area (Å²) in [5.74, 6) is -0.104. The number of thiophene rings is 1. The van der Waals surface area contributed by atoms with Crippen LogP contribution in [0.3, 0.4) is 0 Å². The molecule has 1 aliphatic heterocycles. The smallest absolute Gasteiger partial charge is 0.243 e. The second-order valence-corrected chi connectivity index (χ2v) is 8.76. The van der Waals surface area contributed by atoms with E-state index in [0.717, 1.165) is 4.88 Å². The van der Waals surface area contributed by atoms with Crippen LogP contribution >= 0.6 is 11.3 Å². The van der Waals surface area contributed by atoms with E-state index in [1.807, 2.05) is 17.5 Å². The first-order valence-corrected chi connectivity index (χ1v) is 10.2. The van der Waals surface area contributed by atoms with Crippen LogP contribution in [0.2, 0.25) is 0 Å². The lowest BCUT2D eigenvalue weighted by molar-refractivity contribution is -0.126. The summed E-state index contributed by atoms with van der Waals surface area (Å²) in [5, 5.41) is 4.92. The van der Waals surface area contributed by atoms with E-state index >= 15 is 0 Å². The number of nitrogens with one attached hydrogen (secondary N) is 1. The molecule has 1 N–H and O–H groups in total. The van der Waals surface area contributed by atoms with Crippen LogP contribution in [0.4, 0.5) is 0 Å². The van der Waals surface area contributed by atoms with E-state index in [2.05, 4.69) is 5.32 Å². The molecule has 128 valence electrons. The Morgan fingerprint density at radius 2 is 1.83 bits per heavy atom. The summed E-state index contributed by atoms with van der Waals surface area (Å²) in [6, 6.07) is 12.4. The van der Waals surface area contributed by atoms with Gasteiger partial charge >= 0.3 is 0 Å². The zero-order chi connectivity index (χ0) is 17.0. The Kier molecular flexibility index (Phi) is 5.33. The minimum atomic E-state index is -3.46. The summed E-state index contributed by atoms with van der Waals surface area (Å²) in [6.07, 6.45) is 1.12. The predicted molar refractivity (Wildman–Crippen MR) is 94.1 cm³/mol. The molecule has 0 saturated carbocycles. The van der Waals surface area contributed by atoms with Gasteiger partial charge in [-0.3, -0.25) is 4.79 Å². The van der Waals surface area contributed by atoms with Crippen molar-refractivity contribution in [3.05, 3.63) is 52.7 Å². The van der Waals surface area contributed by atoms with Gasteiger partial charge in [-0.1, -0.05) is 24.3 Å². The number of hydrogen-bond donors (Lipinski definition) is 1. The zero-order valence-electron chi connectivity index (χ0n) is 13.2. The first-order chi connectivity index (χ1) is 11.6. The third-order valence-corrected chi connectivity index (χ3v) is 7.01. The van der Waals surface area contributed by atoms with Gasteiger partial charge in [-0.25, -0.2) is 8.42 Å². The second-order valence-electron chi connectivity index (χ2n) is 5.79. The van der Waals surface area contributed by atoms with Crippen molar-refractivity contribution in [3.63, 3.8) is 0 Å². The van der Waals surface area contributed by atoms with E-state index in [1.165, 1.54) is 4.31 Å². The van der Waals surface area contributed by atoms with Crippen molar-refractivity contribution in [3.8, 4) is 0 Å². The highest BCUT2D eigenvalue weighted by Gasteiger charge is 2.31. The molecule has 1 aromatic carbocycles. The largest absolute Gasteiger partial charge is 0.351 e. The molecule has 1 aliphatic rings. The summed E-state index contributed by atoms with van der Waals surface area (Å²) in [6.45, 7) is 1.31. The Morgan fingerprint density at radius 1 is 1.12 bits per heavy atom. The number of nitrogens with zero attached hydrogens (tertiary/aromatic N) is 1. The van der Waals surface area contributed by atoms with Crippen molar-refractivity contribution in [1.29, 1.82) is 0 Å². The van der Waals surface area contributed by atoms with Gasteiger partial charge in [-0.2, -0.15) is 4.31 Å². The molecule has 1 saturated heterocycles. The van der Waals surface area contributed by atoms with Crippen LogP contribution in [0.15, 0.2) is 52.7 Å². The average molecular weight is 364 g/mol. The lowest BCUT2D eigenvalue weighted by Crippen LogP contribution is -2.42. The first kappa shape index (κ1) is 17.1. The van der Waals surface area contributed by atoms with Crippen molar-refractivity contribution < 1.29 is 13.2 Å². The fourth-order valence-corrected chi connectivity index (χ4v) is 4.97. The average Bonchev–Trinajstić information content (AvgIpc) is 3.14. The highest BCUT2D eigenvalue weighted by atomic mass is 32.2. The molecular formula is C17H20N2O3S2. The molecular weight excluding hydrogens is 344 g/mol. The highest BCUT2D eigenvalue weighted by molar-refractivity contribution is 7.89. The fraction of sp³-hybridized carbons (Fsp3) is 0.353. The van der Waals surface area contributed by atoms with Crippen molar-refractivity contribution in [2.75, 3.05) is 13.1 Å². The molecule has 1 aromatic heterocycles. The maximum absolute atomic E-state index is 12.6. The topological polar surface area (TPSA) is 66.5 Å². The van der Waals surface area contributed by atoms with Crippen molar-refractivity contribution in [2.24, 2.45) is 5.92 Å². The molecule has 0 bridgehead atoms. The third-order valence-electron chi connectivity index (χ3n) is 4.22. The van der Waals surface area contributed by atoms with E-state index in [-0.39, 0.29) is 11.8 Å². The SMILES string of the molecule is O=C(NCc1cccs1)C1CCN(S(=O)(=O)c2ccccc2)CC1. The monoisotopic (exact) mass is 364 g/mol. The summed E-state index contributed by atoms with van der Waals surface area (Å²) in [5.41, 5.74) is 0. The molecule has 7 heteroatoms. The molecule has 1 amide bonds. The number of carbonyl (C=O) groups is 1. The highest BCUT2D eigenvalue weighted by Crippen LogP contribution is 2.24. The van der Waals surface area contributed by atoms with Crippen molar-refractivity contribution >= 4 is 27.3 Å². The van der Waals surface area contributed by atoms with Gasteiger partial charge in [0.2, 0.25) is 15.9 Å². The Labute approximate surface area is 146 Å². The molecule has 0 radical (unpaired) electrons. The van der Waals surface area contributed by atoms with Gasteiger partial charge in [-0.05, 0) is 36.4 Å². The molecule has 0 spiro atoms. The molecule has 24 heavy (non-hydrogen) atoms. The van der Waals surface area contributed by atoms with Crippen LogP contribution in [0.5, 0.6) is 0 Å². The second kappa shape index (κ2) is 7.46. The van der Waals surface area contributed by atoms with E-state index in [0.29, 0.717) is 37.4 Å². The minimum absolute atomic E-state index is 0.0140. The Balaban J connectivity index is 1.54. The lowest BCUT2D eigenvalue weighted by atomic mass is 9.97. The maximum Gasteiger partial charge on any atom is 0.243 e. The number of amides is 1. The molecule has 2 aromatic rings. The van der Waals surface area contributed by atoms with Crippen LogP contribution in [0.25, 0.3) is 0 Å². The summed E-state index contributed by atoms with van der Waals surface area (Å²) >= 11 is 1.61. The number of piperidine rings is 1. The van der Waals surface area contributed by atoms with E-state index in [4.69, 9.17) is 0 Å².